The summed E-state index contributed by atoms with van der Waals surface area (Å²) in [5.41, 5.74) is 6.39. The van der Waals surface area contributed by atoms with Crippen molar-refractivity contribution >= 4 is 23.7 Å². The Labute approximate surface area is 160 Å². The van der Waals surface area contributed by atoms with Gasteiger partial charge in [-0.05, 0) is 24.1 Å². The molecule has 5 N–H and O–H groups in total. The van der Waals surface area contributed by atoms with Crippen LogP contribution in [0.1, 0.15) is 18.1 Å². The molecule has 1 unspecified atom stereocenters. The molecule has 2 aromatic heterocycles. The van der Waals surface area contributed by atoms with Crippen LogP contribution in [0.4, 0.5) is 16.6 Å². The molecule has 142 valence electrons. The second-order valence-corrected chi connectivity index (χ2v) is 6.50. The second-order valence-electron chi connectivity index (χ2n) is 6.50. The average molecular weight is 378 g/mol. The lowest BCUT2D eigenvalue weighted by Gasteiger charge is -2.21. The number of carbonyl (C=O) groups is 2. The van der Waals surface area contributed by atoms with E-state index >= 15 is 0 Å². The summed E-state index contributed by atoms with van der Waals surface area (Å²) in [7, 11) is 0. The van der Waals surface area contributed by atoms with Crippen LogP contribution in [0, 0.1) is 0 Å². The number of carbonyl (C=O) groups excluding carboxylic acids is 2. The molecule has 3 amide bonds. The molecule has 0 radical (unpaired) electrons. The minimum absolute atomic E-state index is 0.141. The summed E-state index contributed by atoms with van der Waals surface area (Å²) in [4.78, 5) is 31.8. The highest BCUT2D eigenvalue weighted by atomic mass is 16.2. The van der Waals surface area contributed by atoms with E-state index in [9.17, 15) is 9.59 Å². The summed E-state index contributed by atoms with van der Waals surface area (Å²) in [5, 5.41) is 12.2. The zero-order valence-electron chi connectivity index (χ0n) is 15.0. The van der Waals surface area contributed by atoms with Gasteiger partial charge in [-0.3, -0.25) is 10.1 Å². The molecule has 1 aliphatic heterocycles. The van der Waals surface area contributed by atoms with Crippen molar-refractivity contribution in [3.8, 4) is 5.82 Å². The number of nitrogens with one attached hydrogen (secondary N) is 3. The van der Waals surface area contributed by atoms with E-state index in [-0.39, 0.29) is 11.9 Å². The standard InChI is InChI=1S/C18H18N8O2/c1-18(15(27)24-17(28)25-18)12-5-3-11(4-6-12)10-20-13-9-14(23-16(19)22-13)26-8-2-7-21-26/h2-9H,10H2,1H3,(H3,19,20,22,23)(H2,24,25,27,28). The van der Waals surface area contributed by atoms with Gasteiger partial charge in [0.1, 0.15) is 11.4 Å². The number of aromatic nitrogens is 4. The van der Waals surface area contributed by atoms with Crippen LogP contribution in [0.25, 0.3) is 5.82 Å². The number of urea groups is 1. The minimum atomic E-state index is -1.07. The highest BCUT2D eigenvalue weighted by Crippen LogP contribution is 2.24. The molecule has 1 saturated heterocycles. The first-order valence-corrected chi connectivity index (χ1v) is 8.55. The third kappa shape index (κ3) is 3.22. The molecule has 0 saturated carbocycles. The topological polar surface area (TPSA) is 140 Å². The van der Waals surface area contributed by atoms with Gasteiger partial charge in [0.05, 0.1) is 0 Å². The van der Waals surface area contributed by atoms with Crippen molar-refractivity contribution in [2.75, 3.05) is 11.1 Å². The Morgan fingerprint density at radius 2 is 2.00 bits per heavy atom. The Kier molecular flexibility index (Phi) is 4.15. The fourth-order valence-corrected chi connectivity index (χ4v) is 2.96. The maximum absolute atomic E-state index is 12.0. The summed E-state index contributed by atoms with van der Waals surface area (Å²) < 4.78 is 1.60. The lowest BCUT2D eigenvalue weighted by atomic mass is 9.91. The summed E-state index contributed by atoms with van der Waals surface area (Å²) in [6, 6.07) is 10.4. The number of imide groups is 1. The molecule has 0 spiro atoms. The number of benzene rings is 1. The third-order valence-corrected chi connectivity index (χ3v) is 4.52. The number of nitrogens with two attached hydrogens (primary N) is 1. The van der Waals surface area contributed by atoms with Gasteiger partial charge in [-0.25, -0.2) is 9.48 Å². The Bertz CT molecular complexity index is 1030. The van der Waals surface area contributed by atoms with E-state index in [2.05, 4.69) is 31.0 Å². The molecule has 0 aliphatic carbocycles. The second kappa shape index (κ2) is 6.65. The highest BCUT2D eigenvalue weighted by Gasteiger charge is 2.43. The molecule has 1 aliphatic rings. The zero-order valence-corrected chi connectivity index (χ0v) is 15.0. The number of hydrogen-bond donors (Lipinski definition) is 4. The van der Waals surface area contributed by atoms with Gasteiger partial charge in [-0.15, -0.1) is 0 Å². The largest absolute Gasteiger partial charge is 0.368 e. The zero-order chi connectivity index (χ0) is 19.7. The Balaban J connectivity index is 1.47. The predicted molar refractivity (Wildman–Crippen MR) is 101 cm³/mol. The van der Waals surface area contributed by atoms with E-state index in [1.807, 2.05) is 24.3 Å². The van der Waals surface area contributed by atoms with Gasteiger partial charge in [-0.2, -0.15) is 15.1 Å². The number of nitrogens with zero attached hydrogens (tertiary/aromatic N) is 4. The first-order chi connectivity index (χ1) is 13.4. The molecule has 3 aromatic rings. The minimum Gasteiger partial charge on any atom is -0.368 e. The molecule has 3 heterocycles. The molecule has 0 bridgehead atoms. The highest BCUT2D eigenvalue weighted by molar-refractivity contribution is 6.07. The van der Waals surface area contributed by atoms with E-state index in [4.69, 9.17) is 5.73 Å². The van der Waals surface area contributed by atoms with Crippen LogP contribution in [-0.4, -0.2) is 31.7 Å². The van der Waals surface area contributed by atoms with E-state index in [0.29, 0.717) is 23.7 Å². The fraction of sp³-hybridized carbons (Fsp3) is 0.167. The van der Waals surface area contributed by atoms with Crippen molar-refractivity contribution in [1.29, 1.82) is 0 Å². The maximum atomic E-state index is 12.0. The average Bonchev–Trinajstić information content (AvgIpc) is 3.29. The van der Waals surface area contributed by atoms with E-state index < -0.39 is 11.6 Å². The Morgan fingerprint density at radius 1 is 1.21 bits per heavy atom. The van der Waals surface area contributed by atoms with Crippen LogP contribution < -0.4 is 21.7 Å². The van der Waals surface area contributed by atoms with Crippen molar-refractivity contribution in [2.45, 2.75) is 19.0 Å². The number of amides is 3. The molecule has 4 rings (SSSR count). The smallest absolute Gasteiger partial charge is 0.322 e. The van der Waals surface area contributed by atoms with Crippen molar-refractivity contribution in [2.24, 2.45) is 0 Å². The lowest BCUT2D eigenvalue weighted by Crippen LogP contribution is -2.40. The van der Waals surface area contributed by atoms with Crippen molar-refractivity contribution in [3.05, 3.63) is 59.9 Å². The van der Waals surface area contributed by atoms with Gasteiger partial charge in [0.25, 0.3) is 5.91 Å². The van der Waals surface area contributed by atoms with E-state index in [0.717, 1.165) is 5.56 Å². The molecule has 28 heavy (non-hydrogen) atoms. The first-order valence-electron chi connectivity index (χ1n) is 8.55. The van der Waals surface area contributed by atoms with Crippen LogP contribution in [0.5, 0.6) is 0 Å². The maximum Gasteiger partial charge on any atom is 0.322 e. The van der Waals surface area contributed by atoms with Crippen molar-refractivity contribution in [3.63, 3.8) is 0 Å². The first kappa shape index (κ1) is 17.5. The lowest BCUT2D eigenvalue weighted by molar-refractivity contribution is -0.123. The molecule has 1 atom stereocenters. The van der Waals surface area contributed by atoms with Crippen molar-refractivity contribution in [1.82, 2.24) is 30.4 Å². The number of hydrogen-bond acceptors (Lipinski definition) is 7. The molecular weight excluding hydrogens is 360 g/mol. The van der Waals surface area contributed by atoms with Crippen LogP contribution in [-0.2, 0) is 16.9 Å². The fourth-order valence-electron chi connectivity index (χ4n) is 2.96. The van der Waals surface area contributed by atoms with Gasteiger partial charge < -0.3 is 16.4 Å². The summed E-state index contributed by atoms with van der Waals surface area (Å²) >= 11 is 0. The summed E-state index contributed by atoms with van der Waals surface area (Å²) in [6.45, 7) is 2.16. The van der Waals surface area contributed by atoms with Crippen LogP contribution in [0.3, 0.4) is 0 Å². The van der Waals surface area contributed by atoms with Gasteiger partial charge >= 0.3 is 6.03 Å². The molecule has 10 heteroatoms. The third-order valence-electron chi connectivity index (χ3n) is 4.52. The van der Waals surface area contributed by atoms with Crippen LogP contribution in [0.15, 0.2) is 48.8 Å². The summed E-state index contributed by atoms with van der Waals surface area (Å²) in [6.07, 6.45) is 3.42. The molecular formula is C18H18N8O2. The predicted octanol–water partition coefficient (Wildman–Crippen LogP) is 0.911. The summed E-state index contributed by atoms with van der Waals surface area (Å²) in [5.74, 6) is 0.899. The Hall–Kier alpha value is -3.95. The quantitative estimate of drug-likeness (QED) is 0.484. The number of anilines is 2. The van der Waals surface area contributed by atoms with Gasteiger partial charge in [0, 0.05) is 25.0 Å². The van der Waals surface area contributed by atoms with Gasteiger partial charge in [-0.1, -0.05) is 24.3 Å². The van der Waals surface area contributed by atoms with Crippen LogP contribution >= 0.6 is 0 Å². The normalized spacial score (nSPS) is 18.6. The SMILES string of the molecule is CC1(c2ccc(CNc3cc(-n4cccn4)nc(N)n3)cc2)NC(=O)NC1=O. The van der Waals surface area contributed by atoms with Gasteiger partial charge in [0.15, 0.2) is 5.82 Å². The molecule has 10 nitrogen and oxygen atoms in total. The molecule has 1 aromatic carbocycles. The van der Waals surface area contributed by atoms with Crippen molar-refractivity contribution < 1.29 is 9.59 Å². The van der Waals surface area contributed by atoms with Crippen LogP contribution in [0.2, 0.25) is 0 Å². The van der Waals surface area contributed by atoms with E-state index in [1.165, 1.54) is 0 Å². The monoisotopic (exact) mass is 378 g/mol. The Morgan fingerprint density at radius 3 is 2.64 bits per heavy atom. The van der Waals surface area contributed by atoms with Gasteiger partial charge in [0.2, 0.25) is 5.95 Å². The number of nitrogen functional groups attached to an aromatic ring is 1. The number of rotatable bonds is 5. The molecule has 1 fully saturated rings. The van der Waals surface area contributed by atoms with E-state index in [1.54, 1.807) is 36.1 Å².